The summed E-state index contributed by atoms with van der Waals surface area (Å²) < 4.78 is 21.1. The number of H-pyrrole nitrogens is 2. The third-order valence-corrected chi connectivity index (χ3v) is 7.16. The molecule has 0 bridgehead atoms. The van der Waals surface area contributed by atoms with Crippen LogP contribution in [-0.4, -0.2) is 85.7 Å². The molecule has 2 aromatic heterocycles. The fourth-order valence-electron chi connectivity index (χ4n) is 4.61. The molecule has 0 atom stereocenters. The van der Waals surface area contributed by atoms with E-state index in [-0.39, 0.29) is 19.1 Å². The second kappa shape index (κ2) is 21.9. The van der Waals surface area contributed by atoms with Gasteiger partial charge >= 0.3 is 5.97 Å². The van der Waals surface area contributed by atoms with Crippen molar-refractivity contribution >= 4 is 35.4 Å². The Morgan fingerprint density at radius 3 is 1.74 bits per heavy atom. The number of methoxy groups -OCH3 is 2. The number of nitrogens with zero attached hydrogens (tertiary/aromatic N) is 6. The van der Waals surface area contributed by atoms with Crippen molar-refractivity contribution in [1.82, 2.24) is 41.2 Å². The molecule has 4 aromatic carbocycles. The van der Waals surface area contributed by atoms with Gasteiger partial charge in [0.2, 0.25) is 17.6 Å². The Bertz CT molecular complexity index is 2370. The number of carbonyl (C=O) groups excluding carboxylic acids is 1. The number of aliphatic carboxylic acids is 1. The molecule has 0 spiro atoms. The van der Waals surface area contributed by atoms with Crippen molar-refractivity contribution < 1.29 is 33.6 Å². The first-order valence-corrected chi connectivity index (χ1v) is 16.6. The van der Waals surface area contributed by atoms with Crippen LogP contribution in [0.4, 0.5) is 11.4 Å². The zero-order valence-electron chi connectivity index (χ0n) is 30.6. The molecule has 6 rings (SSSR count). The van der Waals surface area contributed by atoms with Crippen LogP contribution in [0.15, 0.2) is 97.1 Å². The molecular weight excluding hydrogens is 733 g/mol. The van der Waals surface area contributed by atoms with E-state index in [4.69, 9.17) is 42.6 Å². The summed E-state index contributed by atoms with van der Waals surface area (Å²) in [6, 6.07) is 24.9. The van der Waals surface area contributed by atoms with Crippen molar-refractivity contribution in [3.8, 4) is 70.5 Å². The first kappa shape index (κ1) is 41.3. The number of terminal acetylenes is 2. The second-order valence-corrected chi connectivity index (χ2v) is 10.9. The summed E-state index contributed by atoms with van der Waals surface area (Å²) >= 11 is 0. The smallest absolute Gasteiger partial charge is 0.328 e. The number of amides is 1. The number of tetrazole rings is 2. The lowest BCUT2D eigenvalue weighted by molar-refractivity contribution is -0.131. The molecule has 288 valence electrons. The van der Waals surface area contributed by atoms with Gasteiger partial charge in [0.25, 0.3) is 0 Å². The lowest BCUT2D eigenvalue weighted by Gasteiger charge is -2.09. The molecule has 0 aliphatic carbocycles. The molecule has 1 amide bonds. The highest BCUT2D eigenvalue weighted by Crippen LogP contribution is 2.30. The fourth-order valence-corrected chi connectivity index (χ4v) is 4.61. The van der Waals surface area contributed by atoms with Gasteiger partial charge in [-0.3, -0.25) is 4.79 Å². The number of anilines is 2. The molecule has 17 nitrogen and oxygen atoms in total. The van der Waals surface area contributed by atoms with Crippen LogP contribution >= 0.6 is 0 Å². The minimum absolute atomic E-state index is 0.147. The summed E-state index contributed by atoms with van der Waals surface area (Å²) in [5, 5.41) is 38.6. The third kappa shape index (κ3) is 12.9. The SMILES string of the molecule is C#CCOc1ccc(/C=C/C(=O)Nc2ccccc2-c2nn[nH]n2)cc1OC.C#CCOc1ccc(/C=C/C(=O)O)cc1OC.Nc1ccccc1-c1nn[nH]n1. The molecule has 0 aliphatic heterocycles. The number of ether oxygens (including phenoxy) is 4. The van der Waals surface area contributed by atoms with Gasteiger partial charge in [-0.25, -0.2) is 4.79 Å². The Kier molecular flexibility index (Phi) is 15.9. The van der Waals surface area contributed by atoms with Crippen LogP contribution < -0.4 is 30.0 Å². The maximum Gasteiger partial charge on any atom is 0.328 e. The molecule has 6 aromatic rings. The van der Waals surface area contributed by atoms with E-state index in [1.54, 1.807) is 60.7 Å². The van der Waals surface area contributed by atoms with Crippen molar-refractivity contribution in [2.75, 3.05) is 38.5 Å². The standard InChI is InChI=1S/C20H17N5O3.C13H12O4.C7H7N5/c1-3-12-28-17-10-8-14(13-18(17)27-2)9-11-19(26)21-16-7-5-4-6-15(16)20-22-24-25-23-20;1-3-8-17-11-6-4-10(5-7-13(14)15)9-12(11)16-2;8-6-4-2-1-3-5(6)7-9-11-12-10-7/h1,4-11,13H,12H2,2H3,(H,21,26)(H,22,23,24,25);1,4-7,9H,8H2,2H3,(H,14,15);1-4H,8H2,(H,9,10,11,12)/b11-9+;7-5+;. The molecular formula is C40H36N10O7. The van der Waals surface area contributed by atoms with Crippen LogP contribution in [0.2, 0.25) is 0 Å². The molecule has 17 heteroatoms. The molecule has 0 fully saturated rings. The minimum Gasteiger partial charge on any atom is -0.493 e. The molecule has 0 saturated heterocycles. The highest BCUT2D eigenvalue weighted by atomic mass is 16.5. The van der Waals surface area contributed by atoms with Crippen LogP contribution in [0.3, 0.4) is 0 Å². The summed E-state index contributed by atoms with van der Waals surface area (Å²) in [7, 11) is 3.04. The average molecular weight is 769 g/mol. The van der Waals surface area contributed by atoms with Crippen LogP contribution in [-0.2, 0) is 9.59 Å². The van der Waals surface area contributed by atoms with Crippen molar-refractivity contribution in [1.29, 1.82) is 0 Å². The first-order chi connectivity index (χ1) is 27.8. The predicted octanol–water partition coefficient (Wildman–Crippen LogP) is 4.79. The van der Waals surface area contributed by atoms with E-state index >= 15 is 0 Å². The number of benzene rings is 4. The molecule has 6 N–H and O–H groups in total. The Morgan fingerprint density at radius 2 is 1.25 bits per heavy atom. The van der Waals surface area contributed by atoms with Crippen molar-refractivity contribution in [2.24, 2.45) is 0 Å². The number of rotatable bonds is 13. The van der Waals surface area contributed by atoms with Gasteiger partial charge in [0.15, 0.2) is 23.0 Å². The molecule has 0 aliphatic rings. The number of para-hydroxylation sites is 2. The Morgan fingerprint density at radius 1 is 0.737 bits per heavy atom. The maximum absolute atomic E-state index is 12.3. The molecule has 0 saturated carbocycles. The fraction of sp³-hybridized carbons (Fsp3) is 0.100. The van der Waals surface area contributed by atoms with Gasteiger partial charge in [0, 0.05) is 29.0 Å². The van der Waals surface area contributed by atoms with E-state index in [9.17, 15) is 9.59 Å². The number of aromatic amines is 2. The van der Waals surface area contributed by atoms with Crippen LogP contribution in [0.1, 0.15) is 11.1 Å². The lowest BCUT2D eigenvalue weighted by Crippen LogP contribution is -2.09. The minimum atomic E-state index is -1.00. The number of hydrogen-bond donors (Lipinski definition) is 5. The number of hydrogen-bond acceptors (Lipinski definition) is 13. The van der Waals surface area contributed by atoms with Gasteiger partial charge < -0.3 is 35.1 Å². The summed E-state index contributed by atoms with van der Waals surface area (Å²) in [6.07, 6.45) is 15.9. The normalized spacial score (nSPS) is 10.2. The zero-order valence-corrected chi connectivity index (χ0v) is 30.6. The Hall–Kier alpha value is -8.44. The number of carbonyl (C=O) groups is 2. The van der Waals surface area contributed by atoms with E-state index in [1.807, 2.05) is 30.3 Å². The van der Waals surface area contributed by atoms with E-state index in [2.05, 4.69) is 58.4 Å². The van der Waals surface area contributed by atoms with E-state index < -0.39 is 5.97 Å². The van der Waals surface area contributed by atoms with Crippen molar-refractivity contribution in [3.63, 3.8) is 0 Å². The highest BCUT2D eigenvalue weighted by Gasteiger charge is 2.11. The van der Waals surface area contributed by atoms with E-state index in [0.717, 1.165) is 17.2 Å². The largest absolute Gasteiger partial charge is 0.493 e. The molecule has 0 unspecified atom stereocenters. The predicted molar refractivity (Wildman–Crippen MR) is 213 cm³/mol. The maximum atomic E-state index is 12.3. The van der Waals surface area contributed by atoms with Gasteiger partial charge in [-0.1, -0.05) is 48.2 Å². The highest BCUT2D eigenvalue weighted by molar-refractivity contribution is 6.04. The number of nitrogen functional groups attached to an aromatic ring is 1. The van der Waals surface area contributed by atoms with Crippen LogP contribution in [0.5, 0.6) is 23.0 Å². The van der Waals surface area contributed by atoms with Gasteiger partial charge in [-0.15, -0.1) is 33.2 Å². The third-order valence-electron chi connectivity index (χ3n) is 7.16. The van der Waals surface area contributed by atoms with Gasteiger partial charge in [0.1, 0.15) is 13.2 Å². The van der Waals surface area contributed by atoms with Gasteiger partial charge in [-0.2, -0.15) is 10.4 Å². The quantitative estimate of drug-likeness (QED) is 0.0603. The Labute approximate surface area is 326 Å². The number of nitrogens with one attached hydrogen (secondary N) is 3. The topological polar surface area (TPSA) is 238 Å². The van der Waals surface area contributed by atoms with Gasteiger partial charge in [0.05, 0.1) is 19.9 Å². The summed E-state index contributed by atoms with van der Waals surface area (Å²) in [4.78, 5) is 22.7. The number of carboxylic acid groups (broad SMARTS) is 1. The number of aromatic nitrogens is 8. The molecule has 0 radical (unpaired) electrons. The van der Waals surface area contributed by atoms with Crippen LogP contribution in [0, 0.1) is 24.7 Å². The Balaban J connectivity index is 0.000000210. The van der Waals surface area contributed by atoms with E-state index in [1.165, 1.54) is 26.4 Å². The first-order valence-electron chi connectivity index (χ1n) is 16.6. The summed E-state index contributed by atoms with van der Waals surface area (Å²) in [5.74, 6) is 6.46. The zero-order chi connectivity index (χ0) is 40.8. The number of carboxylic acids is 1. The molecule has 2 heterocycles. The lowest BCUT2D eigenvalue weighted by atomic mass is 10.1. The van der Waals surface area contributed by atoms with Crippen molar-refractivity contribution in [2.45, 2.75) is 0 Å². The van der Waals surface area contributed by atoms with Crippen LogP contribution in [0.25, 0.3) is 34.9 Å². The molecule has 57 heavy (non-hydrogen) atoms. The van der Waals surface area contributed by atoms with E-state index in [0.29, 0.717) is 57.1 Å². The number of nitrogens with two attached hydrogens (primary N) is 1. The van der Waals surface area contributed by atoms with Gasteiger partial charge in [-0.05, 0) is 82.2 Å². The second-order valence-electron chi connectivity index (χ2n) is 10.9. The monoisotopic (exact) mass is 768 g/mol. The summed E-state index contributed by atoms with van der Waals surface area (Å²) in [5.41, 5.74) is 9.85. The van der Waals surface area contributed by atoms with Crippen molar-refractivity contribution in [3.05, 3.63) is 108 Å². The summed E-state index contributed by atoms with van der Waals surface area (Å²) in [6.45, 7) is 0.300. The average Bonchev–Trinajstić information content (AvgIpc) is 3.98.